The SMILES string of the molecule is CCNc1ncnc(Sc2ccccc2)c1C(C)C. The van der Waals surface area contributed by atoms with Crippen LogP contribution in [0.1, 0.15) is 32.3 Å². The highest BCUT2D eigenvalue weighted by Gasteiger charge is 2.15. The monoisotopic (exact) mass is 273 g/mol. The van der Waals surface area contributed by atoms with Gasteiger partial charge in [-0.05, 0) is 25.0 Å². The van der Waals surface area contributed by atoms with Crippen LogP contribution in [0.15, 0.2) is 46.6 Å². The summed E-state index contributed by atoms with van der Waals surface area (Å²) in [6, 6.07) is 10.3. The summed E-state index contributed by atoms with van der Waals surface area (Å²) >= 11 is 1.69. The molecule has 0 saturated heterocycles. The minimum absolute atomic E-state index is 0.390. The van der Waals surface area contributed by atoms with Gasteiger partial charge >= 0.3 is 0 Å². The highest BCUT2D eigenvalue weighted by atomic mass is 32.2. The van der Waals surface area contributed by atoms with E-state index in [9.17, 15) is 0 Å². The second-order valence-corrected chi connectivity index (χ2v) is 5.60. The first kappa shape index (κ1) is 13.9. The quantitative estimate of drug-likeness (QED) is 0.829. The standard InChI is InChI=1S/C15H19N3S/c1-4-16-14-13(11(2)3)15(18-10-17-14)19-12-8-6-5-7-9-12/h5-11H,4H2,1-3H3,(H,16,17,18). The molecule has 1 aromatic heterocycles. The van der Waals surface area contributed by atoms with Crippen molar-refractivity contribution in [3.05, 3.63) is 42.2 Å². The third-order valence-electron chi connectivity index (χ3n) is 2.73. The van der Waals surface area contributed by atoms with Gasteiger partial charge in [-0.2, -0.15) is 0 Å². The Labute approximate surface area is 118 Å². The summed E-state index contributed by atoms with van der Waals surface area (Å²) in [4.78, 5) is 10.0. The molecule has 2 aromatic rings. The van der Waals surface area contributed by atoms with Gasteiger partial charge in [-0.25, -0.2) is 9.97 Å². The number of rotatable bonds is 5. The van der Waals surface area contributed by atoms with Gasteiger partial charge in [-0.1, -0.05) is 43.8 Å². The van der Waals surface area contributed by atoms with Crippen LogP contribution >= 0.6 is 11.8 Å². The molecule has 0 amide bonds. The minimum Gasteiger partial charge on any atom is -0.370 e. The molecule has 1 heterocycles. The molecule has 1 N–H and O–H groups in total. The maximum absolute atomic E-state index is 4.45. The summed E-state index contributed by atoms with van der Waals surface area (Å²) in [7, 11) is 0. The summed E-state index contributed by atoms with van der Waals surface area (Å²) in [5.74, 6) is 1.34. The van der Waals surface area contributed by atoms with E-state index in [0.29, 0.717) is 5.92 Å². The Kier molecular flexibility index (Phi) is 4.80. The molecule has 0 atom stereocenters. The normalized spacial score (nSPS) is 10.7. The van der Waals surface area contributed by atoms with Gasteiger partial charge in [0.2, 0.25) is 0 Å². The molecule has 3 nitrogen and oxygen atoms in total. The first-order chi connectivity index (χ1) is 9.22. The zero-order chi connectivity index (χ0) is 13.7. The maximum Gasteiger partial charge on any atom is 0.133 e. The fourth-order valence-corrected chi connectivity index (χ4v) is 2.95. The lowest BCUT2D eigenvalue weighted by molar-refractivity contribution is 0.803. The number of nitrogens with zero attached hydrogens (tertiary/aromatic N) is 2. The Morgan fingerprint density at radius 1 is 1.16 bits per heavy atom. The van der Waals surface area contributed by atoms with Crippen molar-refractivity contribution in [2.24, 2.45) is 0 Å². The van der Waals surface area contributed by atoms with Crippen LogP contribution in [-0.4, -0.2) is 16.5 Å². The van der Waals surface area contributed by atoms with E-state index in [1.165, 1.54) is 10.5 Å². The molecular weight excluding hydrogens is 254 g/mol. The molecule has 1 aromatic carbocycles. The van der Waals surface area contributed by atoms with Crippen LogP contribution < -0.4 is 5.32 Å². The van der Waals surface area contributed by atoms with Crippen LogP contribution in [-0.2, 0) is 0 Å². The predicted octanol–water partition coefficient (Wildman–Crippen LogP) is 4.18. The molecule has 0 saturated carbocycles. The Morgan fingerprint density at radius 3 is 2.53 bits per heavy atom. The van der Waals surface area contributed by atoms with E-state index in [4.69, 9.17) is 0 Å². The van der Waals surface area contributed by atoms with Crippen molar-refractivity contribution < 1.29 is 0 Å². The van der Waals surface area contributed by atoms with Crippen molar-refractivity contribution >= 4 is 17.6 Å². The first-order valence-electron chi connectivity index (χ1n) is 6.54. The Balaban J connectivity index is 2.36. The molecule has 0 aliphatic carbocycles. The van der Waals surface area contributed by atoms with Crippen LogP contribution in [0.25, 0.3) is 0 Å². The Hall–Kier alpha value is -1.55. The van der Waals surface area contributed by atoms with Crippen LogP contribution in [0.4, 0.5) is 5.82 Å². The maximum atomic E-state index is 4.45. The molecule has 0 aliphatic heterocycles. The average molecular weight is 273 g/mol. The number of hydrogen-bond acceptors (Lipinski definition) is 4. The van der Waals surface area contributed by atoms with Crippen molar-refractivity contribution in [3.63, 3.8) is 0 Å². The third-order valence-corrected chi connectivity index (χ3v) is 3.75. The van der Waals surface area contributed by atoms with Gasteiger partial charge in [-0.3, -0.25) is 0 Å². The second kappa shape index (κ2) is 6.57. The Bertz CT molecular complexity index is 526. The number of hydrogen-bond donors (Lipinski definition) is 1. The summed E-state index contributed by atoms with van der Waals surface area (Å²) in [6.07, 6.45) is 1.63. The topological polar surface area (TPSA) is 37.8 Å². The van der Waals surface area contributed by atoms with E-state index < -0.39 is 0 Å². The largest absolute Gasteiger partial charge is 0.370 e. The van der Waals surface area contributed by atoms with Crippen molar-refractivity contribution in [2.45, 2.75) is 36.6 Å². The molecule has 19 heavy (non-hydrogen) atoms. The molecule has 4 heteroatoms. The van der Waals surface area contributed by atoms with E-state index >= 15 is 0 Å². The molecule has 0 radical (unpaired) electrons. The molecule has 0 bridgehead atoms. The first-order valence-corrected chi connectivity index (χ1v) is 7.35. The highest BCUT2D eigenvalue weighted by Crippen LogP contribution is 2.35. The molecule has 0 spiro atoms. The highest BCUT2D eigenvalue weighted by molar-refractivity contribution is 7.99. The minimum atomic E-state index is 0.390. The van der Waals surface area contributed by atoms with Gasteiger partial charge in [0.25, 0.3) is 0 Å². The fraction of sp³-hybridized carbons (Fsp3) is 0.333. The zero-order valence-corrected chi connectivity index (χ0v) is 12.4. The zero-order valence-electron chi connectivity index (χ0n) is 11.6. The fourth-order valence-electron chi connectivity index (χ4n) is 1.89. The van der Waals surface area contributed by atoms with Gasteiger partial charge in [-0.15, -0.1) is 0 Å². The predicted molar refractivity (Wildman–Crippen MR) is 80.8 cm³/mol. The van der Waals surface area contributed by atoms with Gasteiger partial charge in [0.15, 0.2) is 0 Å². The molecule has 100 valence electrons. The summed E-state index contributed by atoms with van der Waals surface area (Å²) in [5, 5.41) is 4.35. The lowest BCUT2D eigenvalue weighted by atomic mass is 10.1. The van der Waals surface area contributed by atoms with E-state index in [2.05, 4.69) is 48.2 Å². The molecular formula is C15H19N3S. The lowest BCUT2D eigenvalue weighted by Gasteiger charge is -2.15. The lowest BCUT2D eigenvalue weighted by Crippen LogP contribution is -2.07. The van der Waals surface area contributed by atoms with Gasteiger partial charge in [0.1, 0.15) is 17.2 Å². The van der Waals surface area contributed by atoms with Crippen molar-refractivity contribution in [1.82, 2.24) is 9.97 Å². The average Bonchev–Trinajstić information content (AvgIpc) is 2.40. The van der Waals surface area contributed by atoms with Crippen molar-refractivity contribution in [2.75, 3.05) is 11.9 Å². The number of nitrogens with one attached hydrogen (secondary N) is 1. The third kappa shape index (κ3) is 3.47. The van der Waals surface area contributed by atoms with Crippen molar-refractivity contribution in [1.29, 1.82) is 0 Å². The van der Waals surface area contributed by atoms with Crippen LogP contribution in [0.5, 0.6) is 0 Å². The number of aromatic nitrogens is 2. The Morgan fingerprint density at radius 2 is 1.89 bits per heavy atom. The molecule has 0 unspecified atom stereocenters. The molecule has 0 fully saturated rings. The molecule has 0 aliphatic rings. The van der Waals surface area contributed by atoms with Crippen LogP contribution in [0.2, 0.25) is 0 Å². The number of anilines is 1. The summed E-state index contributed by atoms with van der Waals surface area (Å²) in [6.45, 7) is 7.30. The van der Waals surface area contributed by atoms with Crippen LogP contribution in [0, 0.1) is 0 Å². The van der Waals surface area contributed by atoms with Crippen LogP contribution in [0.3, 0.4) is 0 Å². The smallest absolute Gasteiger partial charge is 0.133 e. The molecule has 2 rings (SSSR count). The summed E-state index contributed by atoms with van der Waals surface area (Å²) in [5.41, 5.74) is 1.19. The summed E-state index contributed by atoms with van der Waals surface area (Å²) < 4.78 is 0. The number of benzene rings is 1. The van der Waals surface area contributed by atoms with E-state index in [0.717, 1.165) is 17.4 Å². The van der Waals surface area contributed by atoms with E-state index in [1.807, 2.05) is 18.2 Å². The van der Waals surface area contributed by atoms with E-state index in [1.54, 1.807) is 18.1 Å². The van der Waals surface area contributed by atoms with Crippen molar-refractivity contribution in [3.8, 4) is 0 Å². The van der Waals surface area contributed by atoms with Gasteiger partial charge in [0.05, 0.1) is 0 Å². The van der Waals surface area contributed by atoms with E-state index in [-0.39, 0.29) is 0 Å². The van der Waals surface area contributed by atoms with Gasteiger partial charge in [0, 0.05) is 17.0 Å². The second-order valence-electron chi connectivity index (χ2n) is 4.54. The van der Waals surface area contributed by atoms with Gasteiger partial charge < -0.3 is 5.32 Å².